The second kappa shape index (κ2) is 4.98. The van der Waals surface area contributed by atoms with Gasteiger partial charge in [-0.05, 0) is 36.1 Å². The molecule has 1 fully saturated rings. The van der Waals surface area contributed by atoms with E-state index in [9.17, 15) is 0 Å². The number of anilines is 2. The van der Waals surface area contributed by atoms with Crippen molar-refractivity contribution in [2.24, 2.45) is 5.92 Å². The third kappa shape index (κ3) is 2.16. The summed E-state index contributed by atoms with van der Waals surface area (Å²) in [7, 11) is 0. The van der Waals surface area contributed by atoms with Crippen molar-refractivity contribution in [3.63, 3.8) is 0 Å². The molecule has 3 aromatic rings. The highest BCUT2D eigenvalue weighted by Gasteiger charge is 2.21. The van der Waals surface area contributed by atoms with Gasteiger partial charge in [0.25, 0.3) is 0 Å². The van der Waals surface area contributed by atoms with Crippen LogP contribution in [0, 0.1) is 5.92 Å². The van der Waals surface area contributed by atoms with E-state index in [0.29, 0.717) is 5.82 Å². The summed E-state index contributed by atoms with van der Waals surface area (Å²) >= 11 is 0. The van der Waals surface area contributed by atoms with Crippen LogP contribution in [-0.2, 0) is 6.42 Å². The van der Waals surface area contributed by atoms with Gasteiger partial charge in [0, 0.05) is 17.1 Å². The standard InChI is InChI=1S/C16H18N6/c17-15-14-11(6-9-2-1-3-9)7-10(12-4-5-19-22-12)8-13(14)20-16(18)21-15/h4-5,7-9H,1-3,6H2,(H,19,22)(H4,17,18,20,21). The van der Waals surface area contributed by atoms with Gasteiger partial charge in [-0.1, -0.05) is 19.3 Å². The zero-order valence-electron chi connectivity index (χ0n) is 12.2. The highest BCUT2D eigenvalue weighted by atomic mass is 15.1. The third-order valence-electron chi connectivity index (χ3n) is 4.47. The molecule has 2 heterocycles. The summed E-state index contributed by atoms with van der Waals surface area (Å²) in [5.74, 6) is 1.41. The maximum atomic E-state index is 6.11. The summed E-state index contributed by atoms with van der Waals surface area (Å²) < 4.78 is 0. The second-order valence-electron chi connectivity index (χ2n) is 5.97. The van der Waals surface area contributed by atoms with E-state index in [2.05, 4.69) is 26.2 Å². The molecule has 0 amide bonds. The van der Waals surface area contributed by atoms with E-state index < -0.39 is 0 Å². The number of hydrogen-bond acceptors (Lipinski definition) is 5. The lowest BCUT2D eigenvalue weighted by Gasteiger charge is -2.26. The number of rotatable bonds is 3. The Morgan fingerprint density at radius 1 is 1.18 bits per heavy atom. The van der Waals surface area contributed by atoms with E-state index in [-0.39, 0.29) is 5.95 Å². The van der Waals surface area contributed by atoms with Crippen molar-refractivity contribution in [3.05, 3.63) is 30.0 Å². The predicted molar refractivity (Wildman–Crippen MR) is 87.0 cm³/mol. The van der Waals surface area contributed by atoms with Gasteiger partial charge in [0.05, 0.1) is 11.2 Å². The number of benzene rings is 1. The minimum absolute atomic E-state index is 0.210. The first-order valence-electron chi connectivity index (χ1n) is 7.56. The molecule has 22 heavy (non-hydrogen) atoms. The summed E-state index contributed by atoms with van der Waals surface area (Å²) in [6.45, 7) is 0. The average molecular weight is 294 g/mol. The minimum Gasteiger partial charge on any atom is -0.383 e. The first-order chi connectivity index (χ1) is 10.7. The number of aromatic nitrogens is 4. The van der Waals surface area contributed by atoms with Crippen molar-refractivity contribution in [1.29, 1.82) is 0 Å². The summed E-state index contributed by atoms with van der Waals surface area (Å²) in [4.78, 5) is 8.50. The Balaban J connectivity index is 1.92. The van der Waals surface area contributed by atoms with Gasteiger partial charge in [0.15, 0.2) is 0 Å². The number of hydrogen-bond donors (Lipinski definition) is 3. The van der Waals surface area contributed by atoms with Crippen LogP contribution in [0.3, 0.4) is 0 Å². The van der Waals surface area contributed by atoms with Crippen molar-refractivity contribution in [3.8, 4) is 11.3 Å². The van der Waals surface area contributed by atoms with E-state index in [0.717, 1.165) is 34.5 Å². The maximum absolute atomic E-state index is 6.11. The van der Waals surface area contributed by atoms with Crippen molar-refractivity contribution >= 4 is 22.7 Å². The Labute approximate surface area is 128 Å². The Hall–Kier alpha value is -2.63. The summed E-state index contributed by atoms with van der Waals surface area (Å²) in [5.41, 5.74) is 15.9. The third-order valence-corrected chi connectivity index (χ3v) is 4.47. The molecule has 6 nitrogen and oxygen atoms in total. The molecule has 0 aliphatic heterocycles. The molecule has 1 aliphatic rings. The van der Waals surface area contributed by atoms with E-state index in [1.165, 1.54) is 24.8 Å². The van der Waals surface area contributed by atoms with Crippen LogP contribution in [0.1, 0.15) is 24.8 Å². The molecule has 112 valence electrons. The Kier molecular flexibility index (Phi) is 2.96. The molecule has 0 saturated heterocycles. The molecule has 0 bridgehead atoms. The van der Waals surface area contributed by atoms with Crippen LogP contribution < -0.4 is 11.5 Å². The Morgan fingerprint density at radius 3 is 2.73 bits per heavy atom. The molecule has 1 aliphatic carbocycles. The maximum Gasteiger partial charge on any atom is 0.222 e. The molecular weight excluding hydrogens is 276 g/mol. The molecular formula is C16H18N6. The lowest BCUT2D eigenvalue weighted by Crippen LogP contribution is -2.14. The van der Waals surface area contributed by atoms with E-state index in [1.807, 2.05) is 12.1 Å². The fourth-order valence-electron chi connectivity index (χ4n) is 3.14. The number of fused-ring (bicyclic) bond motifs is 1. The van der Waals surface area contributed by atoms with Crippen LogP contribution in [0.2, 0.25) is 0 Å². The number of H-pyrrole nitrogens is 1. The fourth-order valence-corrected chi connectivity index (χ4v) is 3.14. The van der Waals surface area contributed by atoms with Gasteiger partial charge in [-0.3, -0.25) is 5.10 Å². The normalized spacial score (nSPS) is 15.1. The molecule has 0 atom stereocenters. The highest BCUT2D eigenvalue weighted by molar-refractivity contribution is 5.94. The molecule has 0 radical (unpaired) electrons. The lowest BCUT2D eigenvalue weighted by molar-refractivity contribution is 0.315. The molecule has 4 rings (SSSR count). The summed E-state index contributed by atoms with van der Waals surface area (Å²) in [6, 6.07) is 6.10. The van der Waals surface area contributed by atoms with Crippen LogP contribution in [0.25, 0.3) is 22.2 Å². The van der Waals surface area contributed by atoms with Crippen molar-refractivity contribution in [2.45, 2.75) is 25.7 Å². The largest absolute Gasteiger partial charge is 0.383 e. The van der Waals surface area contributed by atoms with Crippen LogP contribution in [0.5, 0.6) is 0 Å². The quantitative estimate of drug-likeness (QED) is 0.688. The van der Waals surface area contributed by atoms with Crippen LogP contribution in [0.15, 0.2) is 24.4 Å². The van der Waals surface area contributed by atoms with E-state index in [4.69, 9.17) is 11.5 Å². The molecule has 0 unspecified atom stereocenters. The SMILES string of the molecule is Nc1nc(N)c2c(CC3CCC3)cc(-c3ccn[nH]3)cc2n1. The first-order valence-corrected chi connectivity index (χ1v) is 7.56. The molecule has 1 aromatic carbocycles. The number of nitrogens with zero attached hydrogens (tertiary/aromatic N) is 3. The summed E-state index contributed by atoms with van der Waals surface area (Å²) in [5, 5.41) is 7.96. The minimum atomic E-state index is 0.210. The zero-order chi connectivity index (χ0) is 15.1. The van der Waals surface area contributed by atoms with Gasteiger partial charge >= 0.3 is 0 Å². The van der Waals surface area contributed by atoms with Gasteiger partial charge in [-0.15, -0.1) is 0 Å². The number of nitrogens with one attached hydrogen (secondary N) is 1. The average Bonchev–Trinajstić information content (AvgIpc) is 2.95. The summed E-state index contributed by atoms with van der Waals surface area (Å²) in [6.07, 6.45) is 6.64. The van der Waals surface area contributed by atoms with Crippen molar-refractivity contribution in [1.82, 2.24) is 20.2 Å². The molecule has 5 N–H and O–H groups in total. The van der Waals surface area contributed by atoms with Crippen LogP contribution in [0.4, 0.5) is 11.8 Å². The van der Waals surface area contributed by atoms with Crippen molar-refractivity contribution in [2.75, 3.05) is 11.5 Å². The molecule has 0 spiro atoms. The van der Waals surface area contributed by atoms with Gasteiger partial charge in [0.1, 0.15) is 5.82 Å². The number of aromatic amines is 1. The fraction of sp³-hybridized carbons (Fsp3) is 0.312. The Morgan fingerprint density at radius 2 is 2.05 bits per heavy atom. The Bertz CT molecular complexity index is 820. The molecule has 6 heteroatoms. The van der Waals surface area contributed by atoms with Gasteiger partial charge in [-0.2, -0.15) is 10.1 Å². The first kappa shape index (κ1) is 13.1. The van der Waals surface area contributed by atoms with Gasteiger partial charge in [-0.25, -0.2) is 4.98 Å². The van der Waals surface area contributed by atoms with Gasteiger partial charge in [0.2, 0.25) is 5.95 Å². The number of nitrogen functional groups attached to an aromatic ring is 2. The van der Waals surface area contributed by atoms with Crippen molar-refractivity contribution < 1.29 is 0 Å². The second-order valence-corrected chi connectivity index (χ2v) is 5.97. The predicted octanol–water partition coefficient (Wildman–Crippen LogP) is 2.53. The topological polar surface area (TPSA) is 106 Å². The van der Waals surface area contributed by atoms with Gasteiger partial charge < -0.3 is 11.5 Å². The monoisotopic (exact) mass is 294 g/mol. The van der Waals surface area contributed by atoms with Crippen LogP contribution >= 0.6 is 0 Å². The highest BCUT2D eigenvalue weighted by Crippen LogP contribution is 2.35. The lowest BCUT2D eigenvalue weighted by atomic mass is 9.80. The molecule has 1 saturated carbocycles. The van der Waals surface area contributed by atoms with Crippen LogP contribution in [-0.4, -0.2) is 20.2 Å². The number of nitrogens with two attached hydrogens (primary N) is 2. The van der Waals surface area contributed by atoms with E-state index in [1.54, 1.807) is 6.20 Å². The smallest absolute Gasteiger partial charge is 0.222 e. The van der Waals surface area contributed by atoms with E-state index >= 15 is 0 Å². The zero-order valence-corrected chi connectivity index (χ0v) is 12.2. The molecule has 2 aromatic heterocycles.